The first-order valence-corrected chi connectivity index (χ1v) is 4.06. The zero-order chi connectivity index (χ0) is 8.10. The van der Waals surface area contributed by atoms with Crippen LogP contribution in [0.4, 0.5) is 0 Å². The molecule has 0 saturated carbocycles. The maximum atomic E-state index is 11.2. The van der Waals surface area contributed by atoms with E-state index in [1.54, 1.807) is 6.08 Å². The summed E-state index contributed by atoms with van der Waals surface area (Å²) in [5.74, 6) is 0.418. The van der Waals surface area contributed by atoms with Gasteiger partial charge in [0.2, 0.25) is 0 Å². The molecule has 0 spiro atoms. The van der Waals surface area contributed by atoms with Crippen LogP contribution in [-0.2, 0) is 9.53 Å². The first-order valence-electron chi connectivity index (χ1n) is 4.06. The number of carbonyl (C=O) groups excluding carboxylic acids is 1. The van der Waals surface area contributed by atoms with E-state index in [2.05, 4.69) is 6.58 Å². The van der Waals surface area contributed by atoms with E-state index in [-0.39, 0.29) is 11.7 Å². The van der Waals surface area contributed by atoms with Crippen molar-refractivity contribution in [1.82, 2.24) is 0 Å². The Labute approximate surface area is 67.2 Å². The largest absolute Gasteiger partial charge is 0.381 e. The molecule has 1 fully saturated rings. The number of allylic oxidation sites excluding steroid dienone is 1. The van der Waals surface area contributed by atoms with Crippen molar-refractivity contribution in [3.63, 3.8) is 0 Å². The summed E-state index contributed by atoms with van der Waals surface area (Å²) in [7, 11) is 0. The highest BCUT2D eigenvalue weighted by Crippen LogP contribution is 2.15. The summed E-state index contributed by atoms with van der Waals surface area (Å²) < 4.78 is 5.19. The molecule has 1 atom stereocenters. The van der Waals surface area contributed by atoms with E-state index in [9.17, 15) is 4.79 Å². The van der Waals surface area contributed by atoms with Crippen molar-refractivity contribution in [2.45, 2.75) is 19.3 Å². The van der Waals surface area contributed by atoms with E-state index in [1.165, 1.54) is 0 Å². The molecule has 0 radical (unpaired) electrons. The second-order valence-corrected chi connectivity index (χ2v) is 2.87. The minimum absolute atomic E-state index is 0.141. The quantitative estimate of drug-likeness (QED) is 0.576. The second kappa shape index (κ2) is 4.29. The molecule has 1 aliphatic heterocycles. The van der Waals surface area contributed by atoms with E-state index in [0.717, 1.165) is 19.4 Å². The van der Waals surface area contributed by atoms with Crippen molar-refractivity contribution >= 4 is 5.78 Å². The van der Waals surface area contributed by atoms with Gasteiger partial charge in [-0.1, -0.05) is 6.08 Å². The van der Waals surface area contributed by atoms with Gasteiger partial charge in [-0.25, -0.2) is 0 Å². The molecule has 0 N–H and O–H groups in total. The van der Waals surface area contributed by atoms with Crippen LogP contribution in [0.3, 0.4) is 0 Å². The molecule has 1 aliphatic rings. The summed E-state index contributed by atoms with van der Waals surface area (Å²) in [4.78, 5) is 11.2. The van der Waals surface area contributed by atoms with Crippen molar-refractivity contribution in [3.8, 4) is 0 Å². The third-order valence-corrected chi connectivity index (χ3v) is 1.96. The Morgan fingerprint density at radius 3 is 3.09 bits per heavy atom. The van der Waals surface area contributed by atoms with Gasteiger partial charge in [-0.3, -0.25) is 4.79 Å². The van der Waals surface area contributed by atoms with E-state index in [1.807, 2.05) is 0 Å². The number of hydrogen-bond donors (Lipinski definition) is 0. The van der Waals surface area contributed by atoms with Gasteiger partial charge in [-0.2, -0.15) is 0 Å². The average molecular weight is 154 g/mol. The van der Waals surface area contributed by atoms with Crippen LogP contribution in [-0.4, -0.2) is 19.0 Å². The van der Waals surface area contributed by atoms with E-state index >= 15 is 0 Å². The summed E-state index contributed by atoms with van der Waals surface area (Å²) in [6, 6.07) is 0. The Hall–Kier alpha value is -0.630. The van der Waals surface area contributed by atoms with Crippen molar-refractivity contribution < 1.29 is 9.53 Å². The summed E-state index contributed by atoms with van der Waals surface area (Å²) >= 11 is 0. The fourth-order valence-corrected chi connectivity index (χ4v) is 1.30. The molecule has 1 rings (SSSR count). The third kappa shape index (κ3) is 2.46. The molecule has 62 valence electrons. The van der Waals surface area contributed by atoms with Gasteiger partial charge in [0.1, 0.15) is 5.78 Å². The van der Waals surface area contributed by atoms with Gasteiger partial charge in [-0.15, -0.1) is 6.58 Å². The predicted molar refractivity (Wildman–Crippen MR) is 43.4 cm³/mol. The lowest BCUT2D eigenvalue weighted by Crippen LogP contribution is -2.24. The Balaban J connectivity index is 2.32. The van der Waals surface area contributed by atoms with Crippen molar-refractivity contribution in [1.29, 1.82) is 0 Å². The highest BCUT2D eigenvalue weighted by Gasteiger charge is 2.19. The first kappa shape index (κ1) is 8.47. The Morgan fingerprint density at radius 2 is 2.55 bits per heavy atom. The van der Waals surface area contributed by atoms with Gasteiger partial charge in [0.15, 0.2) is 0 Å². The fourth-order valence-electron chi connectivity index (χ4n) is 1.30. The zero-order valence-electron chi connectivity index (χ0n) is 6.71. The van der Waals surface area contributed by atoms with Gasteiger partial charge in [0, 0.05) is 18.9 Å². The van der Waals surface area contributed by atoms with Crippen LogP contribution in [0.15, 0.2) is 12.7 Å². The number of ketones is 1. The van der Waals surface area contributed by atoms with E-state index < -0.39 is 0 Å². The standard InChI is InChI=1S/C9H14O2/c1-2-4-9(10)8-5-3-6-11-7-8/h2,8H,1,3-7H2. The fraction of sp³-hybridized carbons (Fsp3) is 0.667. The number of hydrogen-bond acceptors (Lipinski definition) is 2. The summed E-state index contributed by atoms with van der Waals surface area (Å²) in [5, 5.41) is 0. The van der Waals surface area contributed by atoms with Gasteiger partial charge in [0.05, 0.1) is 6.61 Å². The Morgan fingerprint density at radius 1 is 1.73 bits per heavy atom. The smallest absolute Gasteiger partial charge is 0.142 e. The molecule has 0 aliphatic carbocycles. The van der Waals surface area contributed by atoms with E-state index in [4.69, 9.17) is 4.74 Å². The maximum absolute atomic E-state index is 11.2. The lowest BCUT2D eigenvalue weighted by Gasteiger charge is -2.19. The monoisotopic (exact) mass is 154 g/mol. The molecular formula is C9H14O2. The predicted octanol–water partition coefficient (Wildman–Crippen LogP) is 1.56. The molecular weight excluding hydrogens is 140 g/mol. The normalized spacial score (nSPS) is 24.5. The van der Waals surface area contributed by atoms with Crippen LogP contribution in [0.2, 0.25) is 0 Å². The summed E-state index contributed by atoms with van der Waals surface area (Å²) in [6.07, 6.45) is 4.17. The molecule has 0 aromatic carbocycles. The highest BCUT2D eigenvalue weighted by molar-refractivity contribution is 5.82. The molecule has 1 heterocycles. The summed E-state index contributed by atoms with van der Waals surface area (Å²) in [6.45, 7) is 4.97. The molecule has 11 heavy (non-hydrogen) atoms. The lowest BCUT2D eigenvalue weighted by atomic mass is 9.96. The highest BCUT2D eigenvalue weighted by atomic mass is 16.5. The first-order chi connectivity index (χ1) is 5.34. The van der Waals surface area contributed by atoms with Crippen LogP contribution in [0.5, 0.6) is 0 Å². The maximum Gasteiger partial charge on any atom is 0.142 e. The van der Waals surface area contributed by atoms with Crippen LogP contribution < -0.4 is 0 Å². The topological polar surface area (TPSA) is 26.3 Å². The van der Waals surface area contributed by atoms with Crippen molar-refractivity contribution in [3.05, 3.63) is 12.7 Å². The van der Waals surface area contributed by atoms with Gasteiger partial charge in [0.25, 0.3) is 0 Å². The second-order valence-electron chi connectivity index (χ2n) is 2.87. The lowest BCUT2D eigenvalue weighted by molar-refractivity contribution is -0.125. The molecule has 0 bridgehead atoms. The SMILES string of the molecule is C=CCC(=O)C1CCCOC1. The van der Waals surface area contributed by atoms with Crippen LogP contribution >= 0.6 is 0 Å². The minimum Gasteiger partial charge on any atom is -0.381 e. The third-order valence-electron chi connectivity index (χ3n) is 1.96. The molecule has 0 aromatic heterocycles. The Kier molecular flexibility index (Phi) is 3.30. The molecule has 1 saturated heterocycles. The van der Waals surface area contributed by atoms with Gasteiger partial charge in [-0.05, 0) is 12.8 Å². The van der Waals surface area contributed by atoms with Gasteiger partial charge < -0.3 is 4.74 Å². The Bertz CT molecular complexity index is 146. The van der Waals surface area contributed by atoms with Crippen LogP contribution in [0.25, 0.3) is 0 Å². The minimum atomic E-state index is 0.141. The summed E-state index contributed by atoms with van der Waals surface area (Å²) in [5.41, 5.74) is 0. The van der Waals surface area contributed by atoms with Crippen LogP contribution in [0.1, 0.15) is 19.3 Å². The average Bonchev–Trinajstić information content (AvgIpc) is 2.07. The zero-order valence-corrected chi connectivity index (χ0v) is 6.71. The molecule has 0 amide bonds. The number of carbonyl (C=O) groups is 1. The van der Waals surface area contributed by atoms with Gasteiger partial charge >= 0.3 is 0 Å². The number of rotatable bonds is 3. The van der Waals surface area contributed by atoms with Crippen LogP contribution in [0, 0.1) is 5.92 Å². The molecule has 2 heteroatoms. The number of ether oxygens (including phenoxy) is 1. The molecule has 0 aromatic rings. The number of Topliss-reactive ketones (excluding diaryl/α,β-unsaturated/α-hetero) is 1. The molecule has 1 unspecified atom stereocenters. The van der Waals surface area contributed by atoms with Crippen molar-refractivity contribution in [2.75, 3.05) is 13.2 Å². The molecule has 2 nitrogen and oxygen atoms in total. The van der Waals surface area contributed by atoms with E-state index in [0.29, 0.717) is 13.0 Å². The van der Waals surface area contributed by atoms with Crippen molar-refractivity contribution in [2.24, 2.45) is 5.92 Å².